The van der Waals surface area contributed by atoms with Crippen molar-refractivity contribution in [1.29, 1.82) is 0 Å². The second kappa shape index (κ2) is 15.9. The summed E-state index contributed by atoms with van der Waals surface area (Å²) in [6, 6.07) is 27.6. The number of hydrogen-bond acceptors (Lipinski definition) is 4. The van der Waals surface area contributed by atoms with E-state index in [1.165, 1.54) is 29.2 Å². The fraction of sp³-hybridized carbons (Fsp3) is 0.297. The number of benzene rings is 4. The summed E-state index contributed by atoms with van der Waals surface area (Å²) in [6.45, 7) is 7.96. The molecule has 0 heterocycles. The van der Waals surface area contributed by atoms with Crippen LogP contribution in [0, 0.1) is 20.8 Å². The Balaban J connectivity index is 1.80. The van der Waals surface area contributed by atoms with Gasteiger partial charge in [0, 0.05) is 24.5 Å². The fourth-order valence-corrected chi connectivity index (χ4v) is 6.63. The number of nitrogens with zero attached hydrogens (tertiary/aromatic N) is 2. The molecule has 9 heteroatoms. The topological polar surface area (TPSA) is 86.8 Å². The Bertz CT molecular complexity index is 1730. The van der Waals surface area contributed by atoms with E-state index < -0.39 is 28.5 Å². The molecule has 4 aromatic carbocycles. The van der Waals surface area contributed by atoms with Crippen LogP contribution in [-0.4, -0.2) is 44.3 Å². The van der Waals surface area contributed by atoms with Crippen molar-refractivity contribution < 1.29 is 18.0 Å². The highest BCUT2D eigenvalue weighted by atomic mass is 35.5. The first-order valence-electron chi connectivity index (χ1n) is 15.5. The predicted octanol–water partition coefficient (Wildman–Crippen LogP) is 7.02. The maximum absolute atomic E-state index is 14.6. The number of halogens is 1. The van der Waals surface area contributed by atoms with Gasteiger partial charge in [-0.05, 0) is 85.8 Å². The van der Waals surface area contributed by atoms with Crippen molar-refractivity contribution >= 4 is 39.1 Å². The zero-order valence-corrected chi connectivity index (χ0v) is 28.4. The van der Waals surface area contributed by atoms with Crippen LogP contribution in [-0.2, 0) is 32.6 Å². The van der Waals surface area contributed by atoms with Crippen molar-refractivity contribution in [1.82, 2.24) is 10.2 Å². The van der Waals surface area contributed by atoms with Gasteiger partial charge in [0.15, 0.2) is 0 Å². The number of anilines is 1. The summed E-state index contributed by atoms with van der Waals surface area (Å²) in [4.78, 5) is 29.9. The summed E-state index contributed by atoms with van der Waals surface area (Å²) in [6.07, 6.45) is 1.97. The third-order valence-electron chi connectivity index (χ3n) is 8.03. The standard InChI is InChI=1S/C37H42ClN3O4S/c1-5-6-22-39-37(43)35(24-30-10-8-7-9-11-30)40(25-31-15-12-27(2)13-16-31)36(42)26-41(33-19-14-28(3)29(4)23-33)46(44,45)34-20-17-32(38)18-21-34/h7-21,23,35H,5-6,22,24-26H2,1-4H3,(H,39,43)/t35-/m0/s1. The van der Waals surface area contributed by atoms with Crippen molar-refractivity contribution in [2.24, 2.45) is 0 Å². The molecule has 0 aromatic heterocycles. The molecule has 46 heavy (non-hydrogen) atoms. The molecule has 0 unspecified atom stereocenters. The number of unbranched alkanes of at least 4 members (excludes halogenated alkanes) is 1. The average molecular weight is 660 g/mol. The van der Waals surface area contributed by atoms with Crippen molar-refractivity contribution in [3.63, 3.8) is 0 Å². The van der Waals surface area contributed by atoms with Gasteiger partial charge >= 0.3 is 0 Å². The van der Waals surface area contributed by atoms with E-state index in [1.54, 1.807) is 12.1 Å². The summed E-state index contributed by atoms with van der Waals surface area (Å²) in [7, 11) is -4.20. The van der Waals surface area contributed by atoms with E-state index in [4.69, 9.17) is 11.6 Å². The molecule has 0 radical (unpaired) electrons. The summed E-state index contributed by atoms with van der Waals surface area (Å²) in [5.41, 5.74) is 5.02. The number of aryl methyl sites for hydroxylation is 3. The van der Waals surface area contributed by atoms with Gasteiger partial charge in [-0.2, -0.15) is 0 Å². The van der Waals surface area contributed by atoms with Gasteiger partial charge in [0.2, 0.25) is 11.8 Å². The van der Waals surface area contributed by atoms with Crippen molar-refractivity contribution in [2.75, 3.05) is 17.4 Å². The van der Waals surface area contributed by atoms with Crippen molar-refractivity contribution in [2.45, 2.75) is 64.4 Å². The Kier molecular flexibility index (Phi) is 12.0. The first kappa shape index (κ1) is 34.7. The molecule has 0 saturated heterocycles. The van der Waals surface area contributed by atoms with Gasteiger partial charge in [-0.25, -0.2) is 8.42 Å². The largest absolute Gasteiger partial charge is 0.354 e. The minimum absolute atomic E-state index is 0.00570. The highest BCUT2D eigenvalue weighted by molar-refractivity contribution is 7.92. The zero-order valence-electron chi connectivity index (χ0n) is 26.9. The zero-order chi connectivity index (χ0) is 33.3. The predicted molar refractivity (Wildman–Crippen MR) is 185 cm³/mol. The number of nitrogens with one attached hydrogen (secondary N) is 1. The monoisotopic (exact) mass is 659 g/mol. The first-order valence-corrected chi connectivity index (χ1v) is 17.3. The molecule has 0 aliphatic heterocycles. The molecular formula is C37H42ClN3O4S. The SMILES string of the molecule is CCCCNC(=O)[C@H](Cc1ccccc1)N(Cc1ccc(C)cc1)C(=O)CN(c1ccc(C)c(C)c1)S(=O)(=O)c1ccc(Cl)cc1. The van der Waals surface area contributed by atoms with Gasteiger partial charge in [-0.15, -0.1) is 0 Å². The van der Waals surface area contributed by atoms with Gasteiger partial charge < -0.3 is 10.2 Å². The van der Waals surface area contributed by atoms with Crippen LogP contribution >= 0.6 is 11.6 Å². The van der Waals surface area contributed by atoms with Crippen LogP contribution in [0.4, 0.5) is 5.69 Å². The molecule has 7 nitrogen and oxygen atoms in total. The fourth-order valence-electron chi connectivity index (χ4n) is 5.09. The third kappa shape index (κ3) is 8.98. The molecule has 2 amide bonds. The lowest BCUT2D eigenvalue weighted by Crippen LogP contribution is -2.53. The van der Waals surface area contributed by atoms with Crippen LogP contribution in [0.3, 0.4) is 0 Å². The van der Waals surface area contributed by atoms with Crippen LogP contribution in [0.15, 0.2) is 102 Å². The highest BCUT2D eigenvalue weighted by Gasteiger charge is 2.34. The Morgan fingerprint density at radius 1 is 0.826 bits per heavy atom. The van der Waals surface area contributed by atoms with Gasteiger partial charge in [0.1, 0.15) is 12.6 Å². The van der Waals surface area contributed by atoms with Gasteiger partial charge in [-0.1, -0.05) is 91.2 Å². The normalized spacial score (nSPS) is 11.9. The second-order valence-corrected chi connectivity index (χ2v) is 13.9. The molecule has 0 aliphatic carbocycles. The van der Waals surface area contributed by atoms with Crippen LogP contribution in [0.5, 0.6) is 0 Å². The number of rotatable bonds is 14. The molecule has 0 aliphatic rings. The lowest BCUT2D eigenvalue weighted by molar-refractivity contribution is -0.140. The lowest BCUT2D eigenvalue weighted by atomic mass is 10.0. The number of hydrogen-bond donors (Lipinski definition) is 1. The van der Waals surface area contributed by atoms with E-state index in [2.05, 4.69) is 5.32 Å². The van der Waals surface area contributed by atoms with Crippen LogP contribution in [0.1, 0.15) is 47.6 Å². The number of amides is 2. The van der Waals surface area contributed by atoms with Crippen molar-refractivity contribution in [3.05, 3.63) is 130 Å². The van der Waals surface area contributed by atoms with E-state index in [0.29, 0.717) is 17.3 Å². The Morgan fingerprint density at radius 2 is 1.50 bits per heavy atom. The molecule has 4 rings (SSSR count). The van der Waals surface area contributed by atoms with Gasteiger partial charge in [0.25, 0.3) is 10.0 Å². The summed E-state index contributed by atoms with van der Waals surface area (Å²) >= 11 is 6.08. The Hall–Kier alpha value is -4.14. The third-order valence-corrected chi connectivity index (χ3v) is 10.1. The Morgan fingerprint density at radius 3 is 2.13 bits per heavy atom. The van der Waals surface area contributed by atoms with E-state index in [0.717, 1.165) is 45.0 Å². The average Bonchev–Trinajstić information content (AvgIpc) is 3.04. The quantitative estimate of drug-likeness (QED) is 0.148. The maximum atomic E-state index is 14.6. The summed E-state index contributed by atoms with van der Waals surface area (Å²) < 4.78 is 29.5. The Labute approximate surface area is 278 Å². The first-order chi connectivity index (χ1) is 22.0. The minimum Gasteiger partial charge on any atom is -0.354 e. The molecular weight excluding hydrogens is 618 g/mol. The highest BCUT2D eigenvalue weighted by Crippen LogP contribution is 2.27. The molecule has 4 aromatic rings. The maximum Gasteiger partial charge on any atom is 0.264 e. The van der Waals surface area contributed by atoms with E-state index >= 15 is 0 Å². The molecule has 0 saturated carbocycles. The molecule has 0 spiro atoms. The molecule has 0 bridgehead atoms. The van der Waals surface area contributed by atoms with Gasteiger partial charge in [0.05, 0.1) is 10.6 Å². The number of carbonyl (C=O) groups excluding carboxylic acids is 2. The summed E-state index contributed by atoms with van der Waals surface area (Å²) in [5, 5.41) is 3.42. The van der Waals surface area contributed by atoms with E-state index in [1.807, 2.05) is 88.4 Å². The van der Waals surface area contributed by atoms with E-state index in [9.17, 15) is 18.0 Å². The van der Waals surface area contributed by atoms with E-state index in [-0.39, 0.29) is 23.8 Å². The number of sulfonamides is 1. The smallest absolute Gasteiger partial charge is 0.264 e. The molecule has 1 N–H and O–H groups in total. The number of carbonyl (C=O) groups is 2. The van der Waals surface area contributed by atoms with Gasteiger partial charge in [-0.3, -0.25) is 13.9 Å². The molecule has 242 valence electrons. The molecule has 0 fully saturated rings. The minimum atomic E-state index is -4.20. The van der Waals surface area contributed by atoms with Crippen LogP contribution < -0.4 is 9.62 Å². The van der Waals surface area contributed by atoms with Crippen LogP contribution in [0.25, 0.3) is 0 Å². The van der Waals surface area contributed by atoms with Crippen molar-refractivity contribution in [3.8, 4) is 0 Å². The van der Waals surface area contributed by atoms with Crippen LogP contribution in [0.2, 0.25) is 5.02 Å². The second-order valence-electron chi connectivity index (χ2n) is 11.6. The molecule has 1 atom stereocenters. The summed E-state index contributed by atoms with van der Waals surface area (Å²) in [5.74, 6) is -0.779. The lowest BCUT2D eigenvalue weighted by Gasteiger charge is -2.34.